The number of hydrogen-bond acceptors (Lipinski definition) is 4. The molecule has 6 nitrogen and oxygen atoms in total. The van der Waals surface area contributed by atoms with E-state index in [1.54, 1.807) is 0 Å². The van der Waals surface area contributed by atoms with Crippen molar-refractivity contribution in [2.75, 3.05) is 12.7 Å². The largest absolute Gasteiger partial charge is 0.473 e. The fourth-order valence-electron chi connectivity index (χ4n) is 0.517. The van der Waals surface area contributed by atoms with Gasteiger partial charge in [-0.25, -0.2) is 9.09 Å². The van der Waals surface area contributed by atoms with Crippen molar-refractivity contribution in [1.29, 1.82) is 0 Å². The summed E-state index contributed by atoms with van der Waals surface area (Å²) in [5, 5.41) is 0. The molecular formula is C3H8O6P2. The summed E-state index contributed by atoms with van der Waals surface area (Å²) in [7, 11) is -3.98. The third-order valence-corrected chi connectivity index (χ3v) is 2.05. The predicted octanol–water partition coefficient (Wildman–Crippen LogP) is 0.0196. The van der Waals surface area contributed by atoms with Crippen molar-refractivity contribution < 1.29 is 28.3 Å². The quantitative estimate of drug-likeness (QED) is 0.614. The SMILES string of the molecule is O=P(O)(O)OC1OCPCO1. The first kappa shape index (κ1) is 9.55. The van der Waals surface area contributed by atoms with Crippen LogP contribution in [0.15, 0.2) is 0 Å². The zero-order chi connectivity index (χ0) is 8.32. The molecule has 2 N–H and O–H groups in total. The minimum absolute atomic E-state index is 0.421. The van der Waals surface area contributed by atoms with Crippen molar-refractivity contribution >= 4 is 16.4 Å². The molecule has 1 aliphatic rings. The molecule has 0 aromatic rings. The lowest BCUT2D eigenvalue weighted by Gasteiger charge is -2.22. The second kappa shape index (κ2) is 3.92. The summed E-state index contributed by atoms with van der Waals surface area (Å²) in [5.41, 5.74) is 0. The van der Waals surface area contributed by atoms with Crippen molar-refractivity contribution in [3.05, 3.63) is 0 Å². The molecule has 0 aromatic carbocycles. The Kier molecular flexibility index (Phi) is 3.40. The van der Waals surface area contributed by atoms with E-state index < -0.39 is 14.3 Å². The van der Waals surface area contributed by atoms with Gasteiger partial charge in [-0.2, -0.15) is 0 Å². The Morgan fingerprint density at radius 2 is 2.00 bits per heavy atom. The highest BCUT2D eigenvalue weighted by molar-refractivity contribution is 7.46. The summed E-state index contributed by atoms with van der Waals surface area (Å²) in [6.45, 7) is -1.21. The Morgan fingerprint density at radius 1 is 1.45 bits per heavy atom. The topological polar surface area (TPSA) is 85.2 Å². The minimum Gasteiger partial charge on any atom is -0.325 e. The fourth-order valence-corrected chi connectivity index (χ4v) is 1.45. The summed E-state index contributed by atoms with van der Waals surface area (Å²) >= 11 is 0. The predicted molar refractivity (Wildman–Crippen MR) is 37.1 cm³/mol. The van der Waals surface area contributed by atoms with Crippen LogP contribution in [0.3, 0.4) is 0 Å². The Balaban J connectivity index is 2.30. The van der Waals surface area contributed by atoms with Crippen molar-refractivity contribution in [3.8, 4) is 0 Å². The Morgan fingerprint density at radius 3 is 2.45 bits per heavy atom. The van der Waals surface area contributed by atoms with Crippen molar-refractivity contribution in [1.82, 2.24) is 0 Å². The van der Waals surface area contributed by atoms with Gasteiger partial charge in [0.1, 0.15) is 0 Å². The maximum absolute atomic E-state index is 10.2. The first-order valence-corrected chi connectivity index (χ1v) is 5.70. The van der Waals surface area contributed by atoms with Gasteiger partial charge < -0.3 is 19.3 Å². The highest BCUT2D eigenvalue weighted by atomic mass is 31.2. The van der Waals surface area contributed by atoms with Gasteiger partial charge in [-0.05, 0) is 0 Å². The lowest BCUT2D eigenvalue weighted by atomic mass is 11.2. The normalized spacial score (nSPS) is 29.1. The van der Waals surface area contributed by atoms with E-state index in [9.17, 15) is 4.57 Å². The van der Waals surface area contributed by atoms with Gasteiger partial charge in [0.05, 0.1) is 12.7 Å². The fraction of sp³-hybridized carbons (Fsp3) is 1.00. The summed E-state index contributed by atoms with van der Waals surface area (Å²) in [6.07, 6.45) is 0.843. The van der Waals surface area contributed by atoms with Gasteiger partial charge in [-0.3, -0.25) is 0 Å². The van der Waals surface area contributed by atoms with Gasteiger partial charge in [0.25, 0.3) is 6.48 Å². The molecule has 1 rings (SSSR count). The summed E-state index contributed by atoms with van der Waals surface area (Å²) in [6, 6.07) is 0. The Bertz CT molecular complexity index is 159. The molecule has 0 bridgehead atoms. The minimum atomic E-state index is -4.48. The Labute approximate surface area is 64.9 Å². The van der Waals surface area contributed by atoms with E-state index in [0.29, 0.717) is 21.3 Å². The maximum atomic E-state index is 10.2. The van der Waals surface area contributed by atoms with Crippen LogP contribution in [0.4, 0.5) is 0 Å². The zero-order valence-corrected chi connectivity index (χ0v) is 7.36. The van der Waals surface area contributed by atoms with Gasteiger partial charge in [0.15, 0.2) is 0 Å². The van der Waals surface area contributed by atoms with Crippen LogP contribution in [-0.4, -0.2) is 29.0 Å². The van der Waals surface area contributed by atoms with Gasteiger partial charge in [-0.1, -0.05) is 8.58 Å². The Hall–Kier alpha value is 0.460. The lowest BCUT2D eigenvalue weighted by molar-refractivity contribution is -0.243. The molecule has 11 heavy (non-hydrogen) atoms. The van der Waals surface area contributed by atoms with Crippen LogP contribution < -0.4 is 0 Å². The van der Waals surface area contributed by atoms with Gasteiger partial charge in [0, 0.05) is 0 Å². The molecule has 0 aromatic heterocycles. The maximum Gasteiger partial charge on any atom is 0.473 e. The van der Waals surface area contributed by atoms with Gasteiger partial charge >= 0.3 is 7.82 Å². The average molecular weight is 202 g/mol. The summed E-state index contributed by atoms with van der Waals surface area (Å²) < 4.78 is 23.8. The van der Waals surface area contributed by atoms with Crippen molar-refractivity contribution in [3.63, 3.8) is 0 Å². The number of ether oxygens (including phenoxy) is 2. The molecule has 0 radical (unpaired) electrons. The van der Waals surface area contributed by atoms with E-state index in [2.05, 4.69) is 4.52 Å². The monoisotopic (exact) mass is 202 g/mol. The van der Waals surface area contributed by atoms with E-state index in [-0.39, 0.29) is 0 Å². The third kappa shape index (κ3) is 4.13. The van der Waals surface area contributed by atoms with Crippen molar-refractivity contribution in [2.45, 2.75) is 6.48 Å². The highest BCUT2D eigenvalue weighted by Crippen LogP contribution is 2.39. The molecule has 66 valence electrons. The molecular weight excluding hydrogens is 194 g/mol. The standard InChI is InChI=1S/C3H8O6P2/c4-11(5,6)9-3-7-1-10-2-8-3/h3,10H,1-2H2,(H2,4,5,6). The van der Waals surface area contributed by atoms with Crippen LogP contribution in [0.5, 0.6) is 0 Å². The number of hydrogen-bond donors (Lipinski definition) is 2. The second-order valence-electron chi connectivity index (χ2n) is 1.76. The third-order valence-electron chi connectivity index (χ3n) is 0.866. The van der Waals surface area contributed by atoms with Crippen LogP contribution in [0.2, 0.25) is 0 Å². The van der Waals surface area contributed by atoms with Crippen LogP contribution >= 0.6 is 16.4 Å². The van der Waals surface area contributed by atoms with Crippen molar-refractivity contribution in [2.24, 2.45) is 0 Å². The molecule has 0 atom stereocenters. The van der Waals surface area contributed by atoms with E-state index in [1.807, 2.05) is 0 Å². The molecule has 0 amide bonds. The van der Waals surface area contributed by atoms with Crippen LogP contribution in [0.1, 0.15) is 0 Å². The molecule has 1 saturated heterocycles. The van der Waals surface area contributed by atoms with E-state index >= 15 is 0 Å². The lowest BCUT2D eigenvalue weighted by Crippen LogP contribution is -2.22. The smallest absolute Gasteiger partial charge is 0.325 e. The van der Waals surface area contributed by atoms with Gasteiger partial charge in [0.2, 0.25) is 0 Å². The molecule has 1 fully saturated rings. The highest BCUT2D eigenvalue weighted by Gasteiger charge is 2.25. The molecule has 1 heterocycles. The van der Waals surface area contributed by atoms with E-state index in [1.165, 1.54) is 0 Å². The molecule has 0 unspecified atom stereocenters. The number of phosphoric acid groups is 1. The number of phosphoric ester groups is 1. The number of rotatable bonds is 2. The van der Waals surface area contributed by atoms with E-state index in [0.717, 1.165) is 0 Å². The first-order valence-electron chi connectivity index (χ1n) is 2.76. The second-order valence-corrected chi connectivity index (χ2v) is 4.03. The van der Waals surface area contributed by atoms with Crippen LogP contribution in [-0.2, 0) is 18.6 Å². The molecule has 8 heteroatoms. The molecule has 0 aliphatic carbocycles. The van der Waals surface area contributed by atoms with Crippen LogP contribution in [0.25, 0.3) is 0 Å². The summed E-state index contributed by atoms with van der Waals surface area (Å²) in [5.74, 6) is 0. The zero-order valence-electron chi connectivity index (χ0n) is 5.47. The van der Waals surface area contributed by atoms with Gasteiger partial charge in [-0.15, -0.1) is 0 Å². The summed E-state index contributed by atoms with van der Waals surface area (Å²) in [4.78, 5) is 16.6. The molecule has 1 aliphatic heterocycles. The first-order chi connectivity index (χ1) is 5.08. The van der Waals surface area contributed by atoms with Crippen LogP contribution in [0, 0.1) is 0 Å². The van der Waals surface area contributed by atoms with E-state index in [4.69, 9.17) is 19.3 Å². The molecule has 0 saturated carbocycles. The average Bonchev–Trinajstić information content (AvgIpc) is 1.85. The molecule has 0 spiro atoms.